The van der Waals surface area contributed by atoms with Crippen molar-refractivity contribution in [3.05, 3.63) is 30.1 Å². The van der Waals surface area contributed by atoms with Crippen LogP contribution in [0.4, 0.5) is 27.9 Å². The summed E-state index contributed by atoms with van der Waals surface area (Å²) in [5.74, 6) is 0.964. The zero-order valence-corrected chi connectivity index (χ0v) is 13.2. The average molecular weight is 304 g/mol. The highest BCUT2D eigenvalue weighted by atomic mass is 19.1. The topological polar surface area (TPSA) is 74.8 Å². The maximum absolute atomic E-state index is 13.3. The lowest BCUT2D eigenvalue weighted by Gasteiger charge is -2.14. The van der Waals surface area contributed by atoms with E-state index < -0.39 is 0 Å². The van der Waals surface area contributed by atoms with E-state index in [-0.39, 0.29) is 17.9 Å². The Morgan fingerprint density at radius 3 is 1.91 bits per heavy atom. The second-order valence-corrected chi connectivity index (χ2v) is 5.54. The number of hydrogen-bond acceptors (Lipinski definition) is 6. The van der Waals surface area contributed by atoms with Crippen molar-refractivity contribution >= 4 is 23.5 Å². The monoisotopic (exact) mass is 304 g/mol. The van der Waals surface area contributed by atoms with E-state index in [2.05, 4.69) is 30.9 Å². The van der Waals surface area contributed by atoms with Gasteiger partial charge in [0.15, 0.2) is 0 Å². The molecule has 0 saturated heterocycles. The summed E-state index contributed by atoms with van der Waals surface area (Å²) in [5, 5.41) is 9.27. The Morgan fingerprint density at radius 1 is 0.864 bits per heavy atom. The Balaban J connectivity index is 2.28. The van der Waals surface area contributed by atoms with Crippen molar-refractivity contribution in [1.29, 1.82) is 0 Å². The number of halogens is 1. The molecule has 1 heterocycles. The smallest absolute Gasteiger partial charge is 0.233 e. The van der Waals surface area contributed by atoms with Gasteiger partial charge < -0.3 is 16.0 Å². The molecule has 0 amide bonds. The molecule has 1 aromatic carbocycles. The minimum Gasteiger partial charge on any atom is -0.352 e. The van der Waals surface area contributed by atoms with Gasteiger partial charge in [-0.15, -0.1) is 0 Å². The summed E-state index contributed by atoms with van der Waals surface area (Å²) < 4.78 is 13.3. The van der Waals surface area contributed by atoms with Crippen molar-refractivity contribution in [3.63, 3.8) is 0 Å². The third kappa shape index (κ3) is 4.83. The molecule has 0 radical (unpaired) electrons. The summed E-state index contributed by atoms with van der Waals surface area (Å²) in [4.78, 5) is 12.9. The number of benzene rings is 1. The normalized spacial score (nSPS) is 10.9. The molecular weight excluding hydrogens is 283 g/mol. The van der Waals surface area contributed by atoms with Crippen LogP contribution in [-0.2, 0) is 0 Å². The van der Waals surface area contributed by atoms with E-state index in [1.165, 1.54) is 12.1 Å². The lowest BCUT2D eigenvalue weighted by Crippen LogP contribution is -2.18. The minimum atomic E-state index is -0.319. The molecule has 118 valence electrons. The van der Waals surface area contributed by atoms with Gasteiger partial charge in [-0.3, -0.25) is 0 Å². The van der Waals surface area contributed by atoms with E-state index in [9.17, 15) is 4.39 Å². The lowest BCUT2D eigenvalue weighted by atomic mass is 10.3. The number of anilines is 4. The first-order chi connectivity index (χ1) is 10.4. The first-order valence-corrected chi connectivity index (χ1v) is 7.24. The molecule has 2 rings (SSSR count). The number of hydrogen-bond donors (Lipinski definition) is 3. The van der Waals surface area contributed by atoms with Crippen LogP contribution in [0.15, 0.2) is 24.3 Å². The van der Waals surface area contributed by atoms with E-state index in [1.807, 2.05) is 27.7 Å². The predicted octanol–water partition coefficient (Wildman–Crippen LogP) is 3.39. The summed E-state index contributed by atoms with van der Waals surface area (Å²) in [6.45, 7) is 8.00. The quantitative estimate of drug-likeness (QED) is 0.759. The SMILES string of the molecule is CC(C)Nc1nc(Nc2cccc(F)c2)nc(NC(C)C)n1. The summed E-state index contributed by atoms with van der Waals surface area (Å²) in [5.41, 5.74) is 0.581. The molecule has 0 unspecified atom stereocenters. The van der Waals surface area contributed by atoms with Crippen molar-refractivity contribution in [3.8, 4) is 0 Å². The van der Waals surface area contributed by atoms with Gasteiger partial charge in [0.05, 0.1) is 0 Å². The van der Waals surface area contributed by atoms with Gasteiger partial charge in [0, 0.05) is 17.8 Å². The van der Waals surface area contributed by atoms with Crippen molar-refractivity contribution in [2.24, 2.45) is 0 Å². The van der Waals surface area contributed by atoms with E-state index in [4.69, 9.17) is 0 Å². The van der Waals surface area contributed by atoms with E-state index >= 15 is 0 Å². The molecule has 0 aliphatic carbocycles. The molecular formula is C15H21FN6. The molecule has 0 bridgehead atoms. The van der Waals surface area contributed by atoms with Gasteiger partial charge in [-0.05, 0) is 45.9 Å². The second-order valence-electron chi connectivity index (χ2n) is 5.54. The first-order valence-electron chi connectivity index (χ1n) is 7.24. The molecule has 0 spiro atoms. The van der Waals surface area contributed by atoms with Crippen molar-refractivity contribution < 1.29 is 4.39 Å². The standard InChI is InChI=1S/C15H21FN6/c1-9(2)17-13-20-14(18-10(3)4)22-15(21-13)19-12-7-5-6-11(16)8-12/h5-10H,1-4H3,(H3,17,18,19,20,21,22). The number of aromatic nitrogens is 3. The van der Waals surface area contributed by atoms with Crippen molar-refractivity contribution in [2.75, 3.05) is 16.0 Å². The first kappa shape index (κ1) is 15.9. The molecule has 2 aromatic rings. The molecule has 0 atom stereocenters. The van der Waals surface area contributed by atoms with Gasteiger partial charge >= 0.3 is 0 Å². The summed E-state index contributed by atoms with van der Waals surface area (Å²) in [6, 6.07) is 6.52. The summed E-state index contributed by atoms with van der Waals surface area (Å²) >= 11 is 0. The fourth-order valence-corrected chi connectivity index (χ4v) is 1.77. The van der Waals surface area contributed by atoms with Gasteiger partial charge in [-0.25, -0.2) is 4.39 Å². The van der Waals surface area contributed by atoms with Crippen LogP contribution in [0.2, 0.25) is 0 Å². The zero-order valence-electron chi connectivity index (χ0n) is 13.2. The van der Waals surface area contributed by atoms with E-state index in [0.29, 0.717) is 23.5 Å². The van der Waals surface area contributed by atoms with Crippen LogP contribution in [0.5, 0.6) is 0 Å². The largest absolute Gasteiger partial charge is 0.352 e. The molecule has 22 heavy (non-hydrogen) atoms. The molecule has 0 aliphatic rings. The molecule has 1 aromatic heterocycles. The number of nitrogens with one attached hydrogen (secondary N) is 3. The highest BCUT2D eigenvalue weighted by Gasteiger charge is 2.09. The molecule has 0 aliphatic heterocycles. The van der Waals surface area contributed by atoms with Crippen LogP contribution in [0.25, 0.3) is 0 Å². The van der Waals surface area contributed by atoms with Crippen LogP contribution >= 0.6 is 0 Å². The van der Waals surface area contributed by atoms with Gasteiger partial charge in [0.25, 0.3) is 0 Å². The Bertz CT molecular complexity index is 601. The summed E-state index contributed by atoms with van der Waals surface area (Å²) in [7, 11) is 0. The van der Waals surface area contributed by atoms with Crippen molar-refractivity contribution in [1.82, 2.24) is 15.0 Å². The maximum atomic E-state index is 13.3. The fraction of sp³-hybridized carbons (Fsp3) is 0.400. The Kier molecular flexibility index (Phi) is 5.08. The van der Waals surface area contributed by atoms with Crippen LogP contribution in [0.3, 0.4) is 0 Å². The Labute approximate surface area is 129 Å². The molecule has 0 fully saturated rings. The second kappa shape index (κ2) is 7.02. The van der Waals surface area contributed by atoms with E-state index in [1.54, 1.807) is 12.1 Å². The van der Waals surface area contributed by atoms with Gasteiger partial charge in [0.1, 0.15) is 5.82 Å². The number of rotatable bonds is 6. The highest BCUT2D eigenvalue weighted by molar-refractivity contribution is 5.55. The zero-order chi connectivity index (χ0) is 16.1. The van der Waals surface area contributed by atoms with Crippen molar-refractivity contribution in [2.45, 2.75) is 39.8 Å². The maximum Gasteiger partial charge on any atom is 0.233 e. The predicted molar refractivity (Wildman–Crippen MR) is 87.0 cm³/mol. The molecule has 6 nitrogen and oxygen atoms in total. The Morgan fingerprint density at radius 2 is 1.41 bits per heavy atom. The average Bonchev–Trinajstić information content (AvgIpc) is 2.36. The van der Waals surface area contributed by atoms with Crippen LogP contribution in [0, 0.1) is 5.82 Å². The van der Waals surface area contributed by atoms with Gasteiger partial charge in [-0.2, -0.15) is 15.0 Å². The fourth-order valence-electron chi connectivity index (χ4n) is 1.77. The molecule has 3 N–H and O–H groups in total. The van der Waals surface area contributed by atoms with Gasteiger partial charge in [0.2, 0.25) is 17.8 Å². The third-order valence-corrected chi connectivity index (χ3v) is 2.55. The highest BCUT2D eigenvalue weighted by Crippen LogP contribution is 2.17. The lowest BCUT2D eigenvalue weighted by molar-refractivity contribution is 0.628. The molecule has 0 saturated carbocycles. The van der Waals surface area contributed by atoms with Crippen LogP contribution in [0.1, 0.15) is 27.7 Å². The van der Waals surface area contributed by atoms with E-state index in [0.717, 1.165) is 0 Å². The minimum absolute atomic E-state index is 0.191. The number of nitrogens with zero attached hydrogens (tertiary/aromatic N) is 3. The van der Waals surface area contributed by atoms with Crippen LogP contribution in [-0.4, -0.2) is 27.0 Å². The molecule has 7 heteroatoms. The van der Waals surface area contributed by atoms with Gasteiger partial charge in [-0.1, -0.05) is 6.07 Å². The summed E-state index contributed by atoms with van der Waals surface area (Å²) in [6.07, 6.45) is 0. The third-order valence-electron chi connectivity index (χ3n) is 2.55. The Hall–Kier alpha value is -2.44. The van der Waals surface area contributed by atoms with Crippen LogP contribution < -0.4 is 16.0 Å².